The van der Waals surface area contributed by atoms with Gasteiger partial charge in [0.05, 0.1) is 21.1 Å². The molecule has 4 rings (SSSR count). The van der Waals surface area contributed by atoms with E-state index in [4.69, 9.17) is 51.4 Å². The van der Waals surface area contributed by atoms with Gasteiger partial charge in [-0.15, -0.1) is 0 Å². The molecule has 152 valence electrons. The van der Waals surface area contributed by atoms with E-state index in [9.17, 15) is 4.79 Å². The third-order valence-electron chi connectivity index (χ3n) is 5.36. The van der Waals surface area contributed by atoms with E-state index in [1.54, 1.807) is 30.3 Å². The molecule has 29 heavy (non-hydrogen) atoms. The van der Waals surface area contributed by atoms with Crippen LogP contribution in [0.2, 0.25) is 20.1 Å². The molecule has 1 saturated heterocycles. The van der Waals surface area contributed by atoms with Gasteiger partial charge in [0.15, 0.2) is 0 Å². The van der Waals surface area contributed by atoms with Crippen LogP contribution >= 0.6 is 46.4 Å². The highest BCUT2D eigenvalue weighted by molar-refractivity contribution is 6.42. The lowest BCUT2D eigenvalue weighted by Crippen LogP contribution is -2.34. The van der Waals surface area contributed by atoms with Gasteiger partial charge >= 0.3 is 0 Å². The largest absolute Gasteiger partial charge is 0.341 e. The molecule has 0 spiro atoms. The molecule has 1 atom stereocenters. The maximum absolute atomic E-state index is 13.1. The first kappa shape index (κ1) is 20.8. The smallest absolute Gasteiger partial charge is 0.245 e. The lowest BCUT2D eigenvalue weighted by atomic mass is 10.1. The molecule has 0 saturated carbocycles. The zero-order chi connectivity index (χ0) is 20.7. The standard InChI is InChI=1S/C21H19Cl4N3O/c1-12(21(29)27-7-2-3-8-27)28-19-11-17(25)16(24)10-18(19)26-20(28)9-13-14(22)5-4-6-15(13)23/h4-6,10-12H,2-3,7-9H2,1H3/t12-/m1/s1. The number of amides is 1. The quantitative estimate of drug-likeness (QED) is 0.440. The number of rotatable bonds is 4. The molecule has 0 bridgehead atoms. The maximum Gasteiger partial charge on any atom is 0.245 e. The average molecular weight is 471 g/mol. The van der Waals surface area contributed by atoms with Gasteiger partial charge in [0.2, 0.25) is 5.91 Å². The number of aromatic nitrogens is 2. The Bertz CT molecular complexity index is 1070. The van der Waals surface area contributed by atoms with Crippen molar-refractivity contribution in [3.63, 3.8) is 0 Å². The van der Waals surface area contributed by atoms with E-state index < -0.39 is 6.04 Å². The molecule has 0 unspecified atom stereocenters. The van der Waals surface area contributed by atoms with Crippen LogP contribution in [0.15, 0.2) is 30.3 Å². The van der Waals surface area contributed by atoms with Gasteiger partial charge < -0.3 is 9.47 Å². The van der Waals surface area contributed by atoms with Crippen molar-refractivity contribution in [3.05, 3.63) is 61.8 Å². The Morgan fingerprint density at radius 2 is 1.66 bits per heavy atom. The summed E-state index contributed by atoms with van der Waals surface area (Å²) >= 11 is 25.3. The Hall–Kier alpha value is -1.46. The molecule has 0 radical (unpaired) electrons. The summed E-state index contributed by atoms with van der Waals surface area (Å²) in [5.41, 5.74) is 2.21. The molecule has 3 aromatic rings. The van der Waals surface area contributed by atoms with Crippen LogP contribution in [0.3, 0.4) is 0 Å². The number of nitrogens with zero attached hydrogens (tertiary/aromatic N) is 3. The highest BCUT2D eigenvalue weighted by Gasteiger charge is 2.28. The van der Waals surface area contributed by atoms with Crippen LogP contribution in [0.25, 0.3) is 11.0 Å². The normalized spacial score (nSPS) is 15.3. The van der Waals surface area contributed by atoms with E-state index >= 15 is 0 Å². The number of carbonyl (C=O) groups is 1. The molecule has 1 amide bonds. The van der Waals surface area contributed by atoms with Crippen LogP contribution < -0.4 is 0 Å². The third kappa shape index (κ3) is 3.96. The predicted molar refractivity (Wildman–Crippen MR) is 120 cm³/mol. The topological polar surface area (TPSA) is 38.1 Å². The van der Waals surface area contributed by atoms with Gasteiger partial charge in [-0.05, 0) is 49.6 Å². The minimum absolute atomic E-state index is 0.0689. The maximum atomic E-state index is 13.1. The zero-order valence-corrected chi connectivity index (χ0v) is 18.8. The molecule has 1 aliphatic heterocycles. The number of fused-ring (bicyclic) bond motifs is 1. The van der Waals surface area contributed by atoms with E-state index in [-0.39, 0.29) is 5.91 Å². The van der Waals surface area contributed by atoms with Crippen molar-refractivity contribution in [3.8, 4) is 0 Å². The molecular weight excluding hydrogens is 452 g/mol. The molecule has 2 heterocycles. The van der Waals surface area contributed by atoms with Gasteiger partial charge in [-0.25, -0.2) is 4.98 Å². The van der Waals surface area contributed by atoms with Gasteiger partial charge in [-0.3, -0.25) is 4.79 Å². The lowest BCUT2D eigenvalue weighted by Gasteiger charge is -2.23. The molecule has 0 aliphatic carbocycles. The molecule has 1 aromatic heterocycles. The number of likely N-dealkylation sites (tertiary alicyclic amines) is 1. The summed E-state index contributed by atoms with van der Waals surface area (Å²) in [6, 6.07) is 8.44. The molecule has 0 N–H and O–H groups in total. The van der Waals surface area contributed by atoms with Gasteiger partial charge in [-0.1, -0.05) is 52.5 Å². The fourth-order valence-corrected chi connectivity index (χ4v) is 4.72. The summed E-state index contributed by atoms with van der Waals surface area (Å²) < 4.78 is 1.93. The van der Waals surface area contributed by atoms with Crippen LogP contribution in [-0.2, 0) is 11.2 Å². The molecule has 8 heteroatoms. The van der Waals surface area contributed by atoms with E-state index in [1.165, 1.54) is 0 Å². The van der Waals surface area contributed by atoms with Crippen molar-refractivity contribution in [1.82, 2.24) is 14.5 Å². The van der Waals surface area contributed by atoms with Crippen LogP contribution in [0.4, 0.5) is 0 Å². The number of halogens is 4. The third-order valence-corrected chi connectivity index (χ3v) is 6.79. The Morgan fingerprint density at radius 3 is 2.31 bits per heavy atom. The summed E-state index contributed by atoms with van der Waals surface area (Å²) in [5, 5.41) is 1.96. The van der Waals surface area contributed by atoms with Crippen molar-refractivity contribution in [2.45, 2.75) is 32.2 Å². The SMILES string of the molecule is C[C@H](C(=O)N1CCCC1)n1c(Cc2c(Cl)cccc2Cl)nc2cc(Cl)c(Cl)cc21. The number of hydrogen-bond acceptors (Lipinski definition) is 2. The highest BCUT2D eigenvalue weighted by Crippen LogP contribution is 2.33. The summed E-state index contributed by atoms with van der Waals surface area (Å²) in [6.07, 6.45) is 2.46. The van der Waals surface area contributed by atoms with Gasteiger partial charge in [0.25, 0.3) is 0 Å². The highest BCUT2D eigenvalue weighted by atomic mass is 35.5. The Labute approximate surface area is 189 Å². The molecule has 2 aromatic carbocycles. The van der Waals surface area contributed by atoms with E-state index in [2.05, 4.69) is 0 Å². The van der Waals surface area contributed by atoms with Gasteiger partial charge in [-0.2, -0.15) is 0 Å². The average Bonchev–Trinajstić information content (AvgIpc) is 3.32. The first-order valence-electron chi connectivity index (χ1n) is 9.44. The first-order chi connectivity index (χ1) is 13.9. The fraction of sp³-hybridized carbons (Fsp3) is 0.333. The van der Waals surface area contributed by atoms with Crippen molar-refractivity contribution in [1.29, 1.82) is 0 Å². The predicted octanol–water partition coefficient (Wildman–Crippen LogP) is 6.42. The number of carbonyl (C=O) groups excluding carboxylic acids is 1. The summed E-state index contributed by atoms with van der Waals surface area (Å²) in [5.74, 6) is 0.757. The second-order valence-corrected chi connectivity index (χ2v) is 8.87. The second-order valence-electron chi connectivity index (χ2n) is 7.24. The van der Waals surface area contributed by atoms with E-state index in [1.807, 2.05) is 16.4 Å². The Morgan fingerprint density at radius 1 is 1.03 bits per heavy atom. The fourth-order valence-electron chi connectivity index (χ4n) is 3.87. The number of benzene rings is 2. The van der Waals surface area contributed by atoms with E-state index in [0.29, 0.717) is 37.9 Å². The van der Waals surface area contributed by atoms with Crippen molar-refractivity contribution in [2.75, 3.05) is 13.1 Å². The number of imidazole rings is 1. The molecule has 1 aliphatic rings. The minimum atomic E-state index is -0.438. The molecule has 4 nitrogen and oxygen atoms in total. The van der Waals surface area contributed by atoms with Crippen molar-refractivity contribution < 1.29 is 4.79 Å². The lowest BCUT2D eigenvalue weighted by molar-refractivity contribution is -0.133. The molecule has 1 fully saturated rings. The summed E-state index contributed by atoms with van der Waals surface area (Å²) in [4.78, 5) is 19.8. The minimum Gasteiger partial charge on any atom is -0.341 e. The zero-order valence-electron chi connectivity index (χ0n) is 15.8. The van der Waals surface area contributed by atoms with Crippen molar-refractivity contribution >= 4 is 63.3 Å². The van der Waals surface area contributed by atoms with Crippen LogP contribution in [0, 0.1) is 0 Å². The number of hydrogen-bond donors (Lipinski definition) is 0. The van der Waals surface area contributed by atoms with Gasteiger partial charge in [0, 0.05) is 29.6 Å². The first-order valence-corrected chi connectivity index (χ1v) is 11.0. The summed E-state index contributed by atoms with van der Waals surface area (Å²) in [6.45, 7) is 3.46. The Kier molecular flexibility index (Phi) is 5.99. The Balaban J connectivity index is 1.84. The van der Waals surface area contributed by atoms with Crippen LogP contribution in [0.1, 0.15) is 37.2 Å². The van der Waals surface area contributed by atoms with Gasteiger partial charge in [0.1, 0.15) is 11.9 Å². The van der Waals surface area contributed by atoms with E-state index in [0.717, 1.165) is 37.0 Å². The second kappa shape index (κ2) is 8.35. The van der Waals surface area contributed by atoms with Crippen molar-refractivity contribution in [2.24, 2.45) is 0 Å². The molecular formula is C21H19Cl4N3O. The van der Waals surface area contributed by atoms with Crippen LogP contribution in [0.5, 0.6) is 0 Å². The monoisotopic (exact) mass is 469 g/mol. The van der Waals surface area contributed by atoms with Crippen LogP contribution in [-0.4, -0.2) is 33.4 Å². The summed E-state index contributed by atoms with van der Waals surface area (Å²) in [7, 11) is 0.